The molecule has 1 aliphatic carbocycles. The first-order valence-electron chi connectivity index (χ1n) is 8.17. The second kappa shape index (κ2) is 6.60. The molecule has 3 rings (SSSR count). The Bertz CT molecular complexity index is 482. The summed E-state index contributed by atoms with van der Waals surface area (Å²) in [5, 5.41) is 8.83. The molecule has 0 bridgehead atoms. The molecular formula is C16H25N3O2. The molecule has 1 aromatic rings. The van der Waals surface area contributed by atoms with Gasteiger partial charge in [0, 0.05) is 37.9 Å². The third-order valence-electron chi connectivity index (χ3n) is 4.94. The summed E-state index contributed by atoms with van der Waals surface area (Å²) in [6.07, 6.45) is 10.7. The van der Waals surface area contributed by atoms with Crippen LogP contribution in [0.1, 0.15) is 50.3 Å². The second-order valence-corrected chi connectivity index (χ2v) is 6.52. The largest absolute Gasteiger partial charge is 0.481 e. The molecule has 0 radical (unpaired) electrons. The Labute approximate surface area is 126 Å². The van der Waals surface area contributed by atoms with E-state index in [2.05, 4.69) is 20.6 Å². The highest BCUT2D eigenvalue weighted by Gasteiger charge is 2.26. The molecule has 5 heteroatoms. The van der Waals surface area contributed by atoms with Gasteiger partial charge in [0.2, 0.25) is 0 Å². The minimum absolute atomic E-state index is 0.239. The Morgan fingerprint density at radius 3 is 2.90 bits per heavy atom. The van der Waals surface area contributed by atoms with Crippen molar-refractivity contribution >= 4 is 5.97 Å². The summed E-state index contributed by atoms with van der Waals surface area (Å²) in [6.45, 7) is 3.75. The number of imidazole rings is 1. The molecule has 1 unspecified atom stereocenters. The summed E-state index contributed by atoms with van der Waals surface area (Å²) in [5.74, 6) is 1.80. The zero-order chi connectivity index (χ0) is 14.7. The molecule has 0 amide bonds. The van der Waals surface area contributed by atoms with Crippen molar-refractivity contribution in [3.63, 3.8) is 0 Å². The van der Waals surface area contributed by atoms with Gasteiger partial charge >= 0.3 is 5.97 Å². The number of nitrogens with zero attached hydrogens (tertiary/aromatic N) is 3. The molecule has 1 saturated heterocycles. The average molecular weight is 291 g/mol. The fourth-order valence-electron chi connectivity index (χ4n) is 3.51. The average Bonchev–Trinajstić information content (AvgIpc) is 2.89. The minimum atomic E-state index is -0.705. The molecule has 2 aliphatic rings. The number of aromatic nitrogens is 2. The van der Waals surface area contributed by atoms with Crippen LogP contribution in [0.15, 0.2) is 12.4 Å². The zero-order valence-electron chi connectivity index (χ0n) is 12.6. The topological polar surface area (TPSA) is 58.4 Å². The lowest BCUT2D eigenvalue weighted by molar-refractivity contribution is -0.137. The Balaban J connectivity index is 1.60. The van der Waals surface area contributed by atoms with Crippen LogP contribution in [0.2, 0.25) is 0 Å². The number of hydrogen-bond donors (Lipinski definition) is 1. The van der Waals surface area contributed by atoms with Gasteiger partial charge in [-0.1, -0.05) is 6.42 Å². The Hall–Kier alpha value is -1.36. The Kier molecular flexibility index (Phi) is 4.58. The molecule has 1 aromatic heterocycles. The first-order valence-corrected chi connectivity index (χ1v) is 8.17. The van der Waals surface area contributed by atoms with E-state index < -0.39 is 5.97 Å². The van der Waals surface area contributed by atoms with E-state index in [1.54, 1.807) is 0 Å². The highest BCUT2D eigenvalue weighted by atomic mass is 16.4. The number of piperidine rings is 1. The van der Waals surface area contributed by atoms with Crippen molar-refractivity contribution in [2.75, 3.05) is 19.6 Å². The highest BCUT2D eigenvalue weighted by molar-refractivity contribution is 5.66. The zero-order valence-corrected chi connectivity index (χ0v) is 12.6. The van der Waals surface area contributed by atoms with Crippen LogP contribution < -0.4 is 0 Å². The number of hydrogen-bond acceptors (Lipinski definition) is 3. The molecular weight excluding hydrogens is 266 g/mol. The number of likely N-dealkylation sites (tertiary alicyclic amines) is 1. The van der Waals surface area contributed by atoms with Gasteiger partial charge in [0.15, 0.2) is 0 Å². The molecule has 21 heavy (non-hydrogen) atoms. The molecule has 5 nitrogen and oxygen atoms in total. The van der Waals surface area contributed by atoms with Gasteiger partial charge in [0.25, 0.3) is 0 Å². The normalized spacial score (nSPS) is 23.9. The second-order valence-electron chi connectivity index (χ2n) is 6.52. The van der Waals surface area contributed by atoms with Crippen LogP contribution in [0.25, 0.3) is 0 Å². The highest BCUT2D eigenvalue weighted by Crippen LogP contribution is 2.31. The standard InChI is InChI=1S/C16H25N3O2/c20-15(21)6-9-18-8-2-5-14(12-18)16-17-7-10-19(16)11-13-3-1-4-13/h7,10,13-14H,1-6,8-9,11-12H2,(H,20,21). The fourth-order valence-corrected chi connectivity index (χ4v) is 3.51. The van der Waals surface area contributed by atoms with Gasteiger partial charge in [-0.05, 0) is 38.1 Å². The van der Waals surface area contributed by atoms with Crippen molar-refractivity contribution < 1.29 is 9.90 Å². The number of rotatable bonds is 6. The molecule has 1 N–H and O–H groups in total. The maximum absolute atomic E-state index is 10.7. The van der Waals surface area contributed by atoms with Crippen LogP contribution >= 0.6 is 0 Å². The van der Waals surface area contributed by atoms with Crippen molar-refractivity contribution in [3.05, 3.63) is 18.2 Å². The minimum Gasteiger partial charge on any atom is -0.481 e. The van der Waals surface area contributed by atoms with Crippen molar-refractivity contribution in [1.29, 1.82) is 0 Å². The lowest BCUT2D eigenvalue weighted by Crippen LogP contribution is -2.37. The van der Waals surface area contributed by atoms with Crippen LogP contribution in [0.4, 0.5) is 0 Å². The van der Waals surface area contributed by atoms with E-state index in [4.69, 9.17) is 5.11 Å². The fraction of sp³-hybridized carbons (Fsp3) is 0.750. The van der Waals surface area contributed by atoms with Gasteiger partial charge in [-0.3, -0.25) is 4.79 Å². The Morgan fingerprint density at radius 2 is 2.19 bits per heavy atom. The van der Waals surface area contributed by atoms with Crippen LogP contribution in [-0.4, -0.2) is 45.2 Å². The third-order valence-corrected chi connectivity index (χ3v) is 4.94. The predicted octanol–water partition coefficient (Wildman–Crippen LogP) is 2.34. The van der Waals surface area contributed by atoms with Crippen LogP contribution in [0.3, 0.4) is 0 Å². The molecule has 2 fully saturated rings. The summed E-state index contributed by atoms with van der Waals surface area (Å²) in [5.41, 5.74) is 0. The van der Waals surface area contributed by atoms with Crippen LogP contribution in [0, 0.1) is 5.92 Å². The predicted molar refractivity (Wildman–Crippen MR) is 80.2 cm³/mol. The monoisotopic (exact) mass is 291 g/mol. The maximum atomic E-state index is 10.7. The van der Waals surface area contributed by atoms with Gasteiger partial charge in [0.1, 0.15) is 5.82 Å². The maximum Gasteiger partial charge on any atom is 0.304 e. The summed E-state index contributed by atoms with van der Waals surface area (Å²) < 4.78 is 2.34. The van der Waals surface area contributed by atoms with E-state index in [1.165, 1.54) is 31.5 Å². The number of aliphatic carboxylic acids is 1. The summed E-state index contributed by atoms with van der Waals surface area (Å²) >= 11 is 0. The first-order chi connectivity index (χ1) is 10.2. The molecule has 1 aliphatic heterocycles. The number of carboxylic acid groups (broad SMARTS) is 1. The smallest absolute Gasteiger partial charge is 0.304 e. The third kappa shape index (κ3) is 3.64. The van der Waals surface area contributed by atoms with Gasteiger partial charge in [-0.2, -0.15) is 0 Å². The van der Waals surface area contributed by atoms with Crippen LogP contribution in [-0.2, 0) is 11.3 Å². The van der Waals surface area contributed by atoms with E-state index in [9.17, 15) is 4.79 Å². The molecule has 0 aromatic carbocycles. The van der Waals surface area contributed by atoms with E-state index >= 15 is 0 Å². The molecule has 1 saturated carbocycles. The van der Waals surface area contributed by atoms with Crippen molar-refractivity contribution in [1.82, 2.24) is 14.5 Å². The van der Waals surface area contributed by atoms with Crippen molar-refractivity contribution in [3.8, 4) is 0 Å². The summed E-state index contributed by atoms with van der Waals surface area (Å²) in [6, 6.07) is 0. The first kappa shape index (κ1) is 14.6. The van der Waals surface area contributed by atoms with Crippen molar-refractivity contribution in [2.45, 2.75) is 51.0 Å². The van der Waals surface area contributed by atoms with Gasteiger partial charge < -0.3 is 14.6 Å². The van der Waals surface area contributed by atoms with Gasteiger partial charge in [0.05, 0.1) is 6.42 Å². The molecule has 0 spiro atoms. The Morgan fingerprint density at radius 1 is 1.33 bits per heavy atom. The van der Waals surface area contributed by atoms with Gasteiger partial charge in [-0.15, -0.1) is 0 Å². The molecule has 116 valence electrons. The van der Waals surface area contributed by atoms with Gasteiger partial charge in [-0.25, -0.2) is 4.98 Å². The van der Waals surface area contributed by atoms with Crippen LogP contribution in [0.5, 0.6) is 0 Å². The number of carbonyl (C=O) groups is 1. The van der Waals surface area contributed by atoms with E-state index in [0.717, 1.165) is 32.0 Å². The summed E-state index contributed by atoms with van der Waals surface area (Å²) in [4.78, 5) is 17.6. The SMILES string of the molecule is O=C(O)CCN1CCCC(c2nccn2CC2CCC2)C1. The van der Waals surface area contributed by atoms with Crippen molar-refractivity contribution in [2.24, 2.45) is 5.92 Å². The van der Waals surface area contributed by atoms with E-state index in [0.29, 0.717) is 12.5 Å². The summed E-state index contributed by atoms with van der Waals surface area (Å²) in [7, 11) is 0. The molecule has 2 heterocycles. The van der Waals surface area contributed by atoms with E-state index in [1.807, 2.05) is 6.20 Å². The lowest BCUT2D eigenvalue weighted by Gasteiger charge is -2.33. The number of carboxylic acids is 1. The molecule has 1 atom stereocenters. The van der Waals surface area contributed by atoms with E-state index in [-0.39, 0.29) is 6.42 Å². The lowest BCUT2D eigenvalue weighted by atomic mass is 9.85. The quantitative estimate of drug-likeness (QED) is 0.874.